The number of nitrogens with one attached hydrogen (secondary N) is 1. The highest BCUT2D eigenvalue weighted by Gasteiger charge is 2.39. The van der Waals surface area contributed by atoms with Crippen molar-refractivity contribution >= 4 is 16.0 Å². The number of hydrogen-bond acceptors (Lipinski definition) is 8. The molecule has 1 aromatic heterocycles. The maximum absolute atomic E-state index is 14.0. The molecule has 2 fully saturated rings. The van der Waals surface area contributed by atoms with Crippen molar-refractivity contribution in [3.8, 4) is 11.9 Å². The zero-order valence-electron chi connectivity index (χ0n) is 18.2. The van der Waals surface area contributed by atoms with Gasteiger partial charge in [-0.3, -0.25) is 0 Å². The number of hydrogen-bond donors (Lipinski definition) is 2. The predicted molar refractivity (Wildman–Crippen MR) is 117 cm³/mol. The van der Waals surface area contributed by atoms with E-state index in [0.717, 1.165) is 12.5 Å². The summed E-state index contributed by atoms with van der Waals surface area (Å²) >= 11 is 0. The number of aliphatic hydroxyl groups is 1. The lowest BCUT2D eigenvalue weighted by Crippen LogP contribution is -2.42. The summed E-state index contributed by atoms with van der Waals surface area (Å²) in [4.78, 5) is 8.18. The van der Waals surface area contributed by atoms with Crippen LogP contribution >= 0.6 is 0 Å². The predicted octanol–water partition coefficient (Wildman–Crippen LogP) is 2.43. The summed E-state index contributed by atoms with van der Waals surface area (Å²) in [5, 5.41) is 23.0. The average molecular weight is 476 g/mol. The van der Waals surface area contributed by atoms with Crippen molar-refractivity contribution in [2.24, 2.45) is 0 Å². The first-order valence-electron chi connectivity index (χ1n) is 10.9. The Labute approximate surface area is 192 Å². The number of piperidine rings is 1. The van der Waals surface area contributed by atoms with E-state index >= 15 is 0 Å². The summed E-state index contributed by atoms with van der Waals surface area (Å²) in [6.45, 7) is 2.15. The largest absolute Gasteiger partial charge is 0.470 e. The molecule has 4 rings (SSSR count). The molecule has 1 aromatic carbocycles. The third-order valence-electron chi connectivity index (χ3n) is 6.21. The van der Waals surface area contributed by atoms with Crippen LogP contribution in [0.15, 0.2) is 35.4 Å². The molecule has 2 aliphatic rings. The van der Waals surface area contributed by atoms with Crippen LogP contribution in [0.2, 0.25) is 0 Å². The van der Waals surface area contributed by atoms with Crippen LogP contribution in [0, 0.1) is 17.1 Å². The maximum atomic E-state index is 14.0. The topological polar surface area (TPSA) is 128 Å². The number of nitrogens with zero attached hydrogens (tertiary/aromatic N) is 4. The van der Waals surface area contributed by atoms with Gasteiger partial charge in [-0.15, -0.1) is 0 Å². The lowest BCUT2D eigenvalue weighted by Gasteiger charge is -2.31. The van der Waals surface area contributed by atoms with Crippen LogP contribution in [0.25, 0.3) is 0 Å². The smallest absolute Gasteiger partial charge is 0.245 e. The van der Waals surface area contributed by atoms with Crippen LogP contribution in [0.5, 0.6) is 5.88 Å². The summed E-state index contributed by atoms with van der Waals surface area (Å²) in [5.74, 6) is -0.392. The molecule has 33 heavy (non-hydrogen) atoms. The van der Waals surface area contributed by atoms with Gasteiger partial charge in [-0.2, -0.15) is 14.6 Å². The SMILES string of the molecule is CC1(O)CCCC1Oc1nc(NC2CCN(S(=O)(=O)c3ccccc3F)CC2)ncc1C#N. The van der Waals surface area contributed by atoms with E-state index in [1.54, 1.807) is 6.92 Å². The van der Waals surface area contributed by atoms with Crippen molar-refractivity contribution in [1.82, 2.24) is 14.3 Å². The van der Waals surface area contributed by atoms with Gasteiger partial charge in [-0.1, -0.05) is 12.1 Å². The highest BCUT2D eigenvalue weighted by molar-refractivity contribution is 7.89. The molecule has 2 heterocycles. The Hall–Kier alpha value is -2.81. The molecule has 11 heteroatoms. The van der Waals surface area contributed by atoms with Crippen molar-refractivity contribution in [2.75, 3.05) is 18.4 Å². The minimum absolute atomic E-state index is 0.104. The van der Waals surface area contributed by atoms with Crippen molar-refractivity contribution in [3.63, 3.8) is 0 Å². The van der Waals surface area contributed by atoms with E-state index in [4.69, 9.17) is 4.74 Å². The number of ether oxygens (including phenoxy) is 1. The fraction of sp³-hybridized carbons (Fsp3) is 0.500. The van der Waals surface area contributed by atoms with Gasteiger partial charge in [-0.05, 0) is 51.2 Å². The molecule has 0 radical (unpaired) electrons. The van der Waals surface area contributed by atoms with E-state index in [1.807, 2.05) is 6.07 Å². The molecular weight excluding hydrogens is 449 g/mol. The van der Waals surface area contributed by atoms with Gasteiger partial charge < -0.3 is 15.2 Å². The van der Waals surface area contributed by atoms with Gasteiger partial charge in [0.1, 0.15) is 28.4 Å². The molecule has 2 atom stereocenters. The van der Waals surface area contributed by atoms with Crippen LogP contribution in [-0.2, 0) is 10.0 Å². The monoisotopic (exact) mass is 475 g/mol. The van der Waals surface area contributed by atoms with E-state index in [9.17, 15) is 23.2 Å². The summed E-state index contributed by atoms with van der Waals surface area (Å²) in [5.41, 5.74) is -0.809. The molecule has 9 nitrogen and oxygen atoms in total. The Bertz CT molecular complexity index is 1160. The lowest BCUT2D eigenvalue weighted by molar-refractivity contribution is -0.0271. The van der Waals surface area contributed by atoms with Gasteiger partial charge in [0, 0.05) is 19.1 Å². The van der Waals surface area contributed by atoms with Crippen LogP contribution in [0.3, 0.4) is 0 Å². The molecule has 176 valence electrons. The molecule has 0 spiro atoms. The van der Waals surface area contributed by atoms with Crippen LogP contribution in [0.1, 0.15) is 44.6 Å². The maximum Gasteiger partial charge on any atom is 0.245 e. The third kappa shape index (κ3) is 4.93. The number of rotatable bonds is 6. The van der Waals surface area contributed by atoms with E-state index in [2.05, 4.69) is 15.3 Å². The average Bonchev–Trinajstić information content (AvgIpc) is 3.12. The second-order valence-corrected chi connectivity index (χ2v) is 10.5. The van der Waals surface area contributed by atoms with Crippen molar-refractivity contribution in [3.05, 3.63) is 41.8 Å². The Balaban J connectivity index is 1.41. The molecule has 1 aliphatic heterocycles. The van der Waals surface area contributed by atoms with Gasteiger partial charge in [0.15, 0.2) is 0 Å². The minimum Gasteiger partial charge on any atom is -0.470 e. The van der Waals surface area contributed by atoms with Crippen LogP contribution in [0.4, 0.5) is 10.3 Å². The van der Waals surface area contributed by atoms with E-state index in [1.165, 1.54) is 28.7 Å². The van der Waals surface area contributed by atoms with Gasteiger partial charge in [0.05, 0.1) is 11.8 Å². The lowest BCUT2D eigenvalue weighted by atomic mass is 10.0. The summed E-state index contributed by atoms with van der Waals surface area (Å²) in [7, 11) is -3.91. The Kier molecular flexibility index (Phi) is 6.52. The van der Waals surface area contributed by atoms with Crippen LogP contribution < -0.4 is 10.1 Å². The summed E-state index contributed by atoms with van der Waals surface area (Å²) in [6, 6.07) is 7.25. The molecule has 2 aromatic rings. The first-order valence-corrected chi connectivity index (χ1v) is 12.3. The Morgan fingerprint density at radius 1 is 1.30 bits per heavy atom. The van der Waals surface area contributed by atoms with E-state index in [0.29, 0.717) is 25.7 Å². The number of aromatic nitrogens is 2. The van der Waals surface area contributed by atoms with Gasteiger partial charge >= 0.3 is 0 Å². The first-order chi connectivity index (χ1) is 15.7. The van der Waals surface area contributed by atoms with Crippen molar-refractivity contribution < 1.29 is 22.7 Å². The highest BCUT2D eigenvalue weighted by atomic mass is 32.2. The second-order valence-electron chi connectivity index (χ2n) is 8.63. The fourth-order valence-electron chi connectivity index (χ4n) is 4.26. The molecule has 1 aliphatic carbocycles. The molecular formula is C22H26FN5O4S. The van der Waals surface area contributed by atoms with Crippen molar-refractivity contribution in [2.45, 2.75) is 61.7 Å². The molecule has 0 bridgehead atoms. The van der Waals surface area contributed by atoms with Crippen molar-refractivity contribution in [1.29, 1.82) is 5.26 Å². The number of anilines is 1. The van der Waals surface area contributed by atoms with Gasteiger partial charge in [0.2, 0.25) is 21.9 Å². The Morgan fingerprint density at radius 2 is 2.03 bits per heavy atom. The zero-order chi connectivity index (χ0) is 23.6. The van der Waals surface area contributed by atoms with Gasteiger partial charge in [-0.25, -0.2) is 17.8 Å². The minimum atomic E-state index is -3.91. The fourth-order valence-corrected chi connectivity index (χ4v) is 5.79. The summed E-state index contributed by atoms with van der Waals surface area (Å²) in [6.07, 6.45) is 3.97. The summed E-state index contributed by atoms with van der Waals surface area (Å²) < 4.78 is 46.7. The molecule has 1 saturated carbocycles. The highest BCUT2D eigenvalue weighted by Crippen LogP contribution is 2.33. The van der Waals surface area contributed by atoms with Gasteiger partial charge in [0.25, 0.3) is 0 Å². The molecule has 1 saturated heterocycles. The quantitative estimate of drug-likeness (QED) is 0.652. The molecule has 2 N–H and O–H groups in total. The molecule has 2 unspecified atom stereocenters. The third-order valence-corrected chi connectivity index (χ3v) is 8.14. The number of sulfonamides is 1. The second kappa shape index (κ2) is 9.21. The molecule has 0 amide bonds. The number of halogens is 1. The number of benzene rings is 1. The normalized spacial score (nSPS) is 24.4. The zero-order valence-corrected chi connectivity index (χ0v) is 19.1. The number of nitriles is 1. The Morgan fingerprint density at radius 3 is 2.67 bits per heavy atom. The van der Waals surface area contributed by atoms with E-state index in [-0.39, 0.29) is 41.4 Å². The standard InChI is InChI=1S/C22H26FN5O4S/c1-22(29)10-4-7-19(22)32-20-15(13-24)14-25-21(27-20)26-16-8-11-28(12-9-16)33(30,31)18-6-3-2-5-17(18)23/h2-3,5-6,14,16,19,29H,4,7-12H2,1H3,(H,25,26,27). The first kappa shape index (κ1) is 23.4. The van der Waals surface area contributed by atoms with Crippen LogP contribution in [-0.4, -0.2) is 58.6 Å². The van der Waals surface area contributed by atoms with E-state index < -0.39 is 27.5 Å².